The minimum atomic E-state index is -3.94. The Morgan fingerprint density at radius 2 is 1.12 bits per heavy atom. The van der Waals surface area contributed by atoms with Crippen molar-refractivity contribution >= 4 is 19.4 Å². The topological polar surface area (TPSA) is 66.8 Å². The molecule has 0 aliphatic rings. The molecule has 32 heavy (non-hydrogen) atoms. The number of unbranched alkanes of at least 4 members (excludes halogenated alkanes) is 16. The average Bonchev–Trinajstić information content (AvgIpc) is 2.75. The second-order valence-corrected chi connectivity index (χ2v) is 12.3. The van der Waals surface area contributed by atoms with Crippen LogP contribution in [0.4, 0.5) is 0 Å². The van der Waals surface area contributed by atoms with Crippen LogP contribution in [0.3, 0.4) is 0 Å². The Morgan fingerprint density at radius 3 is 1.59 bits per heavy atom. The molecule has 0 aliphatic carbocycles. The molecule has 0 saturated carbocycles. The molecule has 0 aromatic rings. The van der Waals surface area contributed by atoms with E-state index in [1.165, 1.54) is 109 Å². The highest BCUT2D eigenvalue weighted by Gasteiger charge is 2.18. The summed E-state index contributed by atoms with van der Waals surface area (Å²) < 4.78 is 17.3. The molecule has 0 bridgehead atoms. The van der Waals surface area contributed by atoms with Crippen LogP contribution >= 0.6 is 19.4 Å². The van der Waals surface area contributed by atoms with E-state index in [-0.39, 0.29) is 12.3 Å². The Balaban J connectivity index is 3.74. The zero-order valence-corrected chi connectivity index (χ0v) is 23.1. The molecule has 1 atom stereocenters. The Hall–Kier alpha value is 0.460. The summed E-state index contributed by atoms with van der Waals surface area (Å²) in [4.78, 5) is 18.4. The normalized spacial score (nSPS) is 13.0. The number of thioether (sulfide) groups is 1. The maximum atomic E-state index is 11.3. The van der Waals surface area contributed by atoms with Crippen molar-refractivity contribution in [3.63, 3.8) is 0 Å². The van der Waals surface area contributed by atoms with Gasteiger partial charge >= 0.3 is 7.60 Å². The Kier molecular flexibility index (Phi) is 24.9. The monoisotopic (exact) mass is 494 g/mol. The minimum Gasteiger partial charge on any atom is -0.377 e. The minimum absolute atomic E-state index is 0.0275. The fourth-order valence-corrected chi connectivity index (χ4v) is 5.64. The lowest BCUT2D eigenvalue weighted by Crippen LogP contribution is -2.19. The van der Waals surface area contributed by atoms with Gasteiger partial charge in [-0.05, 0) is 25.0 Å². The van der Waals surface area contributed by atoms with Crippen LogP contribution in [0.15, 0.2) is 0 Å². The van der Waals surface area contributed by atoms with E-state index >= 15 is 0 Å². The van der Waals surface area contributed by atoms with Crippen molar-refractivity contribution in [2.75, 3.05) is 24.3 Å². The predicted molar refractivity (Wildman–Crippen MR) is 143 cm³/mol. The molecule has 6 heteroatoms. The van der Waals surface area contributed by atoms with Gasteiger partial charge in [0.2, 0.25) is 0 Å². The van der Waals surface area contributed by atoms with Crippen molar-refractivity contribution < 1.29 is 19.1 Å². The summed E-state index contributed by atoms with van der Waals surface area (Å²) in [6.07, 6.45) is 24.1. The van der Waals surface area contributed by atoms with Gasteiger partial charge in [-0.3, -0.25) is 4.57 Å². The SMILES string of the molecule is CCCCCCCCCCCCSCC(CCP(=O)(O)O)OCCCCCCCCCC. The molecular formula is C26H55O4PS. The van der Waals surface area contributed by atoms with Crippen molar-refractivity contribution in [2.45, 2.75) is 142 Å². The standard InChI is InChI=1S/C26H55O4PS/c1-3-5-7-9-11-13-14-16-18-20-24-32-25-26(21-23-31(27,28)29)30-22-19-17-15-12-10-8-6-4-2/h26H,3-25H2,1-2H3,(H2,27,28,29). The molecule has 0 aromatic heterocycles. The fraction of sp³-hybridized carbons (Fsp3) is 1.00. The lowest BCUT2D eigenvalue weighted by molar-refractivity contribution is 0.0635. The van der Waals surface area contributed by atoms with Crippen molar-refractivity contribution in [3.05, 3.63) is 0 Å². The summed E-state index contributed by atoms with van der Waals surface area (Å²) in [6.45, 7) is 5.23. The van der Waals surface area contributed by atoms with Crippen molar-refractivity contribution in [1.82, 2.24) is 0 Å². The molecule has 1 unspecified atom stereocenters. The van der Waals surface area contributed by atoms with Gasteiger partial charge in [0.05, 0.1) is 12.3 Å². The van der Waals surface area contributed by atoms with E-state index in [4.69, 9.17) is 4.74 Å². The van der Waals surface area contributed by atoms with Gasteiger partial charge in [-0.2, -0.15) is 11.8 Å². The van der Waals surface area contributed by atoms with Crippen LogP contribution in [0.2, 0.25) is 0 Å². The van der Waals surface area contributed by atoms with Gasteiger partial charge in [0.1, 0.15) is 0 Å². The lowest BCUT2D eigenvalue weighted by atomic mass is 10.1. The number of ether oxygens (including phenoxy) is 1. The molecule has 0 aliphatic heterocycles. The van der Waals surface area contributed by atoms with Crippen LogP contribution in [0, 0.1) is 0 Å². The van der Waals surface area contributed by atoms with Crippen molar-refractivity contribution in [2.24, 2.45) is 0 Å². The van der Waals surface area contributed by atoms with Crippen LogP contribution in [-0.4, -0.2) is 40.2 Å². The molecule has 0 aromatic carbocycles. The zero-order chi connectivity index (χ0) is 23.8. The first kappa shape index (κ1) is 32.5. The van der Waals surface area contributed by atoms with Crippen LogP contribution in [0.1, 0.15) is 136 Å². The van der Waals surface area contributed by atoms with Gasteiger partial charge in [0, 0.05) is 12.4 Å². The number of hydrogen-bond acceptors (Lipinski definition) is 3. The Bertz CT molecular complexity index is 417. The largest absolute Gasteiger partial charge is 0.377 e. The molecule has 0 spiro atoms. The predicted octanol–water partition coefficient (Wildman–Crippen LogP) is 8.73. The fourth-order valence-electron chi connectivity index (χ4n) is 3.92. The van der Waals surface area contributed by atoms with E-state index in [2.05, 4.69) is 13.8 Å². The first-order valence-corrected chi connectivity index (χ1v) is 16.7. The molecule has 4 nitrogen and oxygen atoms in total. The third kappa shape index (κ3) is 26.7. The average molecular weight is 495 g/mol. The highest BCUT2D eigenvalue weighted by Crippen LogP contribution is 2.36. The van der Waals surface area contributed by atoms with Gasteiger partial charge < -0.3 is 14.5 Å². The molecule has 0 fully saturated rings. The molecule has 194 valence electrons. The molecule has 0 rings (SSSR count). The van der Waals surface area contributed by atoms with E-state index in [0.717, 1.165) is 24.5 Å². The summed E-state index contributed by atoms with van der Waals surface area (Å²) >= 11 is 1.89. The van der Waals surface area contributed by atoms with Crippen LogP contribution < -0.4 is 0 Å². The van der Waals surface area contributed by atoms with Gasteiger partial charge in [-0.25, -0.2) is 0 Å². The summed E-state index contributed by atoms with van der Waals surface area (Å²) in [5.41, 5.74) is 0. The maximum absolute atomic E-state index is 11.3. The first-order valence-electron chi connectivity index (χ1n) is 13.7. The van der Waals surface area contributed by atoms with E-state index in [1.54, 1.807) is 0 Å². The van der Waals surface area contributed by atoms with E-state index in [1.807, 2.05) is 11.8 Å². The summed E-state index contributed by atoms with van der Waals surface area (Å²) in [5, 5.41) is 0. The molecular weight excluding hydrogens is 439 g/mol. The van der Waals surface area contributed by atoms with E-state index in [9.17, 15) is 14.4 Å². The third-order valence-corrected chi connectivity index (χ3v) is 8.07. The first-order chi connectivity index (χ1) is 15.5. The van der Waals surface area contributed by atoms with Crippen molar-refractivity contribution in [3.8, 4) is 0 Å². The second-order valence-electron chi connectivity index (χ2n) is 9.40. The van der Waals surface area contributed by atoms with Gasteiger partial charge in [-0.15, -0.1) is 0 Å². The lowest BCUT2D eigenvalue weighted by Gasteiger charge is -2.18. The third-order valence-electron chi connectivity index (χ3n) is 6.04. The van der Waals surface area contributed by atoms with Gasteiger partial charge in [0.15, 0.2) is 0 Å². The van der Waals surface area contributed by atoms with Crippen LogP contribution in [0.5, 0.6) is 0 Å². The van der Waals surface area contributed by atoms with Crippen molar-refractivity contribution in [1.29, 1.82) is 0 Å². The second kappa shape index (κ2) is 24.6. The quantitative estimate of drug-likeness (QED) is 0.0929. The molecule has 2 N–H and O–H groups in total. The molecule has 0 saturated heterocycles. The van der Waals surface area contributed by atoms with E-state index < -0.39 is 7.60 Å². The molecule has 0 heterocycles. The number of rotatable bonds is 26. The van der Waals surface area contributed by atoms with Gasteiger partial charge in [0.25, 0.3) is 0 Å². The summed E-state index contributed by atoms with van der Waals surface area (Å²) in [5.74, 6) is 1.98. The van der Waals surface area contributed by atoms with Crippen LogP contribution in [0.25, 0.3) is 0 Å². The maximum Gasteiger partial charge on any atom is 0.325 e. The zero-order valence-electron chi connectivity index (χ0n) is 21.4. The molecule has 0 amide bonds. The highest BCUT2D eigenvalue weighted by atomic mass is 32.2. The molecule has 0 radical (unpaired) electrons. The van der Waals surface area contributed by atoms with E-state index in [0.29, 0.717) is 6.42 Å². The summed E-state index contributed by atoms with van der Waals surface area (Å²) in [7, 11) is -3.94. The number of hydrogen-bond donors (Lipinski definition) is 2. The highest BCUT2D eigenvalue weighted by molar-refractivity contribution is 7.99. The smallest absolute Gasteiger partial charge is 0.325 e. The summed E-state index contributed by atoms with van der Waals surface area (Å²) in [6, 6.07) is 0. The Labute approximate surface area is 204 Å². The van der Waals surface area contributed by atoms with Gasteiger partial charge in [-0.1, -0.05) is 117 Å². The van der Waals surface area contributed by atoms with Crippen LogP contribution in [-0.2, 0) is 9.30 Å². The Morgan fingerprint density at radius 1 is 0.688 bits per heavy atom.